The van der Waals surface area contributed by atoms with Crippen LogP contribution in [0.5, 0.6) is 0 Å². The van der Waals surface area contributed by atoms with Gasteiger partial charge in [-0.05, 0) is 60.8 Å². The summed E-state index contributed by atoms with van der Waals surface area (Å²) in [5.74, 6) is 0. The van der Waals surface area contributed by atoms with Crippen LogP contribution < -0.4 is 5.43 Å². The van der Waals surface area contributed by atoms with E-state index in [1.807, 2.05) is 0 Å². The van der Waals surface area contributed by atoms with Gasteiger partial charge in [-0.2, -0.15) is 0 Å². The van der Waals surface area contributed by atoms with Gasteiger partial charge >= 0.3 is 0 Å². The molecule has 1 aromatic carbocycles. The van der Waals surface area contributed by atoms with Crippen LogP contribution in [0.1, 0.15) is 35.1 Å². The lowest BCUT2D eigenvalue weighted by molar-refractivity contribution is 0.493. The average Bonchev–Trinajstić information content (AvgIpc) is 2.83. The maximum absolute atomic E-state index is 3.54. The van der Waals surface area contributed by atoms with Crippen LogP contribution in [0.3, 0.4) is 0 Å². The molecule has 1 aromatic rings. The minimum Gasteiger partial charge on any atom is -0.319 e. The van der Waals surface area contributed by atoms with Crippen molar-refractivity contribution in [2.24, 2.45) is 0 Å². The summed E-state index contributed by atoms with van der Waals surface area (Å²) >= 11 is 0. The highest BCUT2D eigenvalue weighted by Crippen LogP contribution is 2.38. The molecule has 0 saturated carbocycles. The summed E-state index contributed by atoms with van der Waals surface area (Å²) in [6.45, 7) is 0. The van der Waals surface area contributed by atoms with Gasteiger partial charge in [-0.3, -0.25) is 0 Å². The number of hydrogen-bond donors (Lipinski definition) is 1. The van der Waals surface area contributed by atoms with E-state index in [2.05, 4.69) is 30.6 Å². The Morgan fingerprint density at radius 3 is 2.00 bits per heavy atom. The predicted molar refractivity (Wildman–Crippen MR) is 67.8 cm³/mol. The molecule has 1 N–H and O–H groups in total. The number of nitrogens with one attached hydrogen (secondary N) is 1. The van der Waals surface area contributed by atoms with Crippen LogP contribution in [-0.2, 0) is 25.7 Å². The Morgan fingerprint density at radius 1 is 0.938 bits per heavy atom. The van der Waals surface area contributed by atoms with E-state index >= 15 is 0 Å². The molecule has 0 radical (unpaired) electrons. The van der Waals surface area contributed by atoms with Crippen molar-refractivity contribution in [1.29, 1.82) is 0 Å². The molecule has 2 nitrogen and oxygen atoms in total. The molecule has 86 valence electrons. The molecule has 2 aliphatic carbocycles. The van der Waals surface area contributed by atoms with Crippen molar-refractivity contribution < 1.29 is 0 Å². The zero-order valence-electron chi connectivity index (χ0n) is 10.3. The van der Waals surface area contributed by atoms with E-state index in [9.17, 15) is 0 Å². The Morgan fingerprint density at radius 2 is 1.50 bits per heavy atom. The van der Waals surface area contributed by atoms with Crippen LogP contribution in [0, 0.1) is 0 Å². The zero-order valence-corrected chi connectivity index (χ0v) is 10.3. The molecule has 0 amide bonds. The van der Waals surface area contributed by atoms with Crippen molar-refractivity contribution in [2.45, 2.75) is 38.5 Å². The van der Waals surface area contributed by atoms with Crippen LogP contribution >= 0.6 is 0 Å². The number of hydrogen-bond acceptors (Lipinski definition) is 2. The summed E-state index contributed by atoms with van der Waals surface area (Å²) in [7, 11) is 4.16. The molecule has 0 saturated heterocycles. The number of rotatable bonds is 2. The number of hydrazine groups is 1. The Bertz CT molecular complexity index is 389. The lowest BCUT2D eigenvalue weighted by atomic mass is 9.99. The molecule has 0 heterocycles. The van der Waals surface area contributed by atoms with Gasteiger partial charge in [0.15, 0.2) is 0 Å². The Hall–Kier alpha value is -1.02. The molecule has 0 fully saturated rings. The first-order valence-electron chi connectivity index (χ1n) is 6.36. The number of aryl methyl sites for hydroxylation is 2. The van der Waals surface area contributed by atoms with Gasteiger partial charge in [0.2, 0.25) is 0 Å². The van der Waals surface area contributed by atoms with Gasteiger partial charge in [0.05, 0.1) is 5.69 Å². The lowest BCUT2D eigenvalue weighted by Crippen LogP contribution is -2.21. The van der Waals surface area contributed by atoms with E-state index in [1.165, 1.54) is 44.2 Å². The van der Waals surface area contributed by atoms with Crippen LogP contribution in [0.25, 0.3) is 0 Å². The normalized spacial score (nSPS) is 17.7. The second-order valence-corrected chi connectivity index (χ2v) is 5.24. The third-order valence-corrected chi connectivity index (χ3v) is 3.81. The zero-order chi connectivity index (χ0) is 11.1. The van der Waals surface area contributed by atoms with Gasteiger partial charge in [0, 0.05) is 14.1 Å². The van der Waals surface area contributed by atoms with E-state index in [4.69, 9.17) is 0 Å². The molecule has 0 aromatic heterocycles. The largest absolute Gasteiger partial charge is 0.319 e. The van der Waals surface area contributed by atoms with Gasteiger partial charge in [0.25, 0.3) is 0 Å². The molecule has 3 rings (SSSR count). The van der Waals surface area contributed by atoms with Crippen LogP contribution in [0.15, 0.2) is 6.07 Å². The van der Waals surface area contributed by atoms with Gasteiger partial charge < -0.3 is 5.43 Å². The van der Waals surface area contributed by atoms with Gasteiger partial charge in [0.1, 0.15) is 0 Å². The maximum atomic E-state index is 3.54. The SMILES string of the molecule is CN(C)Nc1c2c(cc3c1CCC3)CCC2. The summed E-state index contributed by atoms with van der Waals surface area (Å²) in [5, 5.41) is 2.08. The third-order valence-electron chi connectivity index (χ3n) is 3.81. The lowest BCUT2D eigenvalue weighted by Gasteiger charge is -2.20. The topological polar surface area (TPSA) is 15.3 Å². The molecule has 0 bridgehead atoms. The first-order valence-corrected chi connectivity index (χ1v) is 6.36. The van der Waals surface area contributed by atoms with Crippen molar-refractivity contribution >= 4 is 5.69 Å². The minimum atomic E-state index is 1.26. The second kappa shape index (κ2) is 3.77. The van der Waals surface area contributed by atoms with Gasteiger partial charge in [-0.25, -0.2) is 5.01 Å². The summed E-state index contributed by atoms with van der Waals surface area (Å²) in [6, 6.07) is 2.48. The fourth-order valence-electron chi connectivity index (χ4n) is 3.17. The van der Waals surface area contributed by atoms with Crippen molar-refractivity contribution in [3.63, 3.8) is 0 Å². The van der Waals surface area contributed by atoms with Crippen molar-refractivity contribution in [2.75, 3.05) is 19.5 Å². The molecule has 2 aliphatic rings. The van der Waals surface area contributed by atoms with Crippen molar-refractivity contribution in [3.05, 3.63) is 28.3 Å². The summed E-state index contributed by atoms with van der Waals surface area (Å²) in [5.41, 5.74) is 11.4. The first-order chi connectivity index (χ1) is 7.75. The molecular formula is C14H20N2. The Kier molecular flexibility index (Phi) is 2.40. The predicted octanol–water partition coefficient (Wildman–Crippen LogP) is 2.55. The Labute approximate surface area is 97.6 Å². The highest BCUT2D eigenvalue weighted by atomic mass is 15.5. The molecule has 0 unspecified atom stereocenters. The maximum Gasteiger partial charge on any atom is 0.0559 e. The molecule has 2 heteroatoms. The number of fused-ring (bicyclic) bond motifs is 2. The van der Waals surface area contributed by atoms with Crippen molar-refractivity contribution in [1.82, 2.24) is 5.01 Å². The van der Waals surface area contributed by atoms with Gasteiger partial charge in [-0.15, -0.1) is 0 Å². The minimum absolute atomic E-state index is 1.26. The molecular weight excluding hydrogens is 196 g/mol. The fraction of sp³-hybridized carbons (Fsp3) is 0.571. The van der Waals surface area contributed by atoms with E-state index < -0.39 is 0 Å². The molecule has 16 heavy (non-hydrogen) atoms. The van der Waals surface area contributed by atoms with E-state index in [0.717, 1.165) is 0 Å². The van der Waals surface area contributed by atoms with E-state index in [-0.39, 0.29) is 0 Å². The standard InChI is InChI=1S/C14H20N2/c1-16(2)15-14-12-7-3-5-10(12)9-11-6-4-8-13(11)14/h9,15H,3-8H2,1-2H3. The molecule has 0 spiro atoms. The smallest absolute Gasteiger partial charge is 0.0559 e. The first kappa shape index (κ1) is 10.2. The average molecular weight is 216 g/mol. The van der Waals surface area contributed by atoms with Crippen LogP contribution in [-0.4, -0.2) is 19.1 Å². The van der Waals surface area contributed by atoms with Crippen LogP contribution in [0.4, 0.5) is 5.69 Å². The monoisotopic (exact) mass is 216 g/mol. The summed E-state index contributed by atoms with van der Waals surface area (Å²) in [6.07, 6.45) is 7.76. The summed E-state index contributed by atoms with van der Waals surface area (Å²) in [4.78, 5) is 0. The number of anilines is 1. The highest BCUT2D eigenvalue weighted by Gasteiger charge is 2.23. The molecule has 0 atom stereocenters. The fourth-order valence-corrected chi connectivity index (χ4v) is 3.17. The number of nitrogens with zero attached hydrogens (tertiary/aromatic N) is 1. The third kappa shape index (κ3) is 1.52. The van der Waals surface area contributed by atoms with Crippen molar-refractivity contribution in [3.8, 4) is 0 Å². The Balaban J connectivity index is 2.12. The van der Waals surface area contributed by atoms with E-state index in [0.29, 0.717) is 0 Å². The second-order valence-electron chi connectivity index (χ2n) is 5.24. The van der Waals surface area contributed by atoms with Gasteiger partial charge in [-0.1, -0.05) is 6.07 Å². The highest BCUT2D eigenvalue weighted by molar-refractivity contribution is 5.65. The van der Waals surface area contributed by atoms with Crippen LogP contribution in [0.2, 0.25) is 0 Å². The summed E-state index contributed by atoms with van der Waals surface area (Å²) < 4.78 is 0. The van der Waals surface area contributed by atoms with E-state index in [1.54, 1.807) is 22.3 Å². The number of benzene rings is 1. The quantitative estimate of drug-likeness (QED) is 0.764. The molecule has 0 aliphatic heterocycles.